The van der Waals surface area contributed by atoms with Gasteiger partial charge in [-0.2, -0.15) is 10.2 Å². The molecule has 8 aromatic rings. The Morgan fingerprint density at radius 2 is 1.00 bits per heavy atom. The summed E-state index contributed by atoms with van der Waals surface area (Å²) in [5.74, 6) is 10.1. The number of terminal acetylenes is 1. The number of nitrogens with zero attached hydrogens (tertiary/aromatic N) is 12. The normalized spacial score (nSPS) is 10.9. The molecule has 0 aliphatic rings. The van der Waals surface area contributed by atoms with Crippen molar-refractivity contribution in [3.8, 4) is 69.3 Å². The standard InChI is InChI=1S/C25H28N6O2Si.C22H20N6O2/c1-30-17-18(15-27-30)23-16-26-22-8-9-24(29-25(22)28-23)31(10-7-11-34(4,5)6)19-12-20(32-2)14-21(13-19)33-3;1-5-8-28(16-9-17(29-3)11-18(10-16)30-4)21-7-6-19-22(26-21)25-20(13-23-19)15-12-24-27(2)14-15/h8-9,12-17H,10H2,1-6H3;1,6-7,9-14H,8H2,2-4H3. The van der Waals surface area contributed by atoms with Gasteiger partial charge in [0, 0.05) is 74.0 Å². The molecule has 0 amide bonds. The maximum absolute atomic E-state index is 5.64. The summed E-state index contributed by atoms with van der Waals surface area (Å²) >= 11 is 0. The molecule has 0 atom stereocenters. The number of benzene rings is 2. The minimum Gasteiger partial charge on any atom is -0.497 e. The predicted molar refractivity (Wildman–Crippen MR) is 252 cm³/mol. The number of hydrogen-bond acceptors (Lipinski definition) is 14. The molecule has 0 saturated carbocycles. The fourth-order valence-electron chi connectivity index (χ4n) is 6.44. The van der Waals surface area contributed by atoms with Gasteiger partial charge in [-0.05, 0) is 24.3 Å². The van der Waals surface area contributed by atoms with Gasteiger partial charge >= 0.3 is 0 Å². The second-order valence-electron chi connectivity index (χ2n) is 15.4. The highest BCUT2D eigenvalue weighted by molar-refractivity contribution is 6.83. The van der Waals surface area contributed by atoms with Crippen molar-refractivity contribution in [1.82, 2.24) is 49.5 Å². The van der Waals surface area contributed by atoms with Crippen LogP contribution in [0.3, 0.4) is 0 Å². The second-order valence-corrected chi connectivity index (χ2v) is 20.2. The first-order valence-electron chi connectivity index (χ1n) is 20.1. The van der Waals surface area contributed by atoms with Crippen LogP contribution in [0.15, 0.2) is 97.8 Å². The van der Waals surface area contributed by atoms with Gasteiger partial charge in [0.1, 0.15) is 53.7 Å². The third-order valence-electron chi connectivity index (χ3n) is 9.58. The lowest BCUT2D eigenvalue weighted by molar-refractivity contribution is 0.394. The van der Waals surface area contributed by atoms with E-state index in [-0.39, 0.29) is 0 Å². The zero-order valence-electron chi connectivity index (χ0n) is 37.2. The van der Waals surface area contributed by atoms with Gasteiger partial charge < -0.3 is 28.7 Å². The highest BCUT2D eigenvalue weighted by atomic mass is 28.3. The number of anilines is 4. The van der Waals surface area contributed by atoms with Crippen molar-refractivity contribution >= 4 is 53.4 Å². The second kappa shape index (κ2) is 19.4. The summed E-state index contributed by atoms with van der Waals surface area (Å²) in [4.78, 5) is 32.0. The number of ether oxygens (including phenoxy) is 4. The van der Waals surface area contributed by atoms with Crippen LogP contribution in [0.4, 0.5) is 23.0 Å². The Balaban J connectivity index is 0.000000193. The van der Waals surface area contributed by atoms with Gasteiger partial charge in [-0.3, -0.25) is 19.3 Å². The van der Waals surface area contributed by atoms with Gasteiger partial charge in [-0.25, -0.2) is 19.9 Å². The third-order valence-corrected chi connectivity index (χ3v) is 10.5. The average molecular weight is 873 g/mol. The Bertz CT molecular complexity index is 2990. The Hall–Kier alpha value is -8.02. The van der Waals surface area contributed by atoms with Crippen LogP contribution in [0.5, 0.6) is 23.0 Å². The molecule has 6 aromatic heterocycles. The van der Waals surface area contributed by atoms with E-state index >= 15 is 0 Å². The number of fused-ring (bicyclic) bond motifs is 2. The average Bonchev–Trinajstić information content (AvgIpc) is 3.96. The Labute approximate surface area is 372 Å². The molecular weight excluding hydrogens is 825 g/mol. The van der Waals surface area contributed by atoms with Gasteiger partial charge in [-0.1, -0.05) is 31.5 Å². The zero-order chi connectivity index (χ0) is 45.4. The quantitative estimate of drug-likeness (QED) is 0.0870. The number of aromatic nitrogens is 10. The van der Waals surface area contributed by atoms with E-state index in [9.17, 15) is 0 Å². The van der Waals surface area contributed by atoms with Crippen molar-refractivity contribution in [2.75, 3.05) is 51.3 Å². The van der Waals surface area contributed by atoms with E-state index in [4.69, 9.17) is 40.3 Å². The van der Waals surface area contributed by atoms with E-state index in [0.29, 0.717) is 75.7 Å². The van der Waals surface area contributed by atoms with Crippen LogP contribution in [0, 0.1) is 23.8 Å². The summed E-state index contributed by atoms with van der Waals surface area (Å²) in [5, 5.41) is 8.42. The van der Waals surface area contributed by atoms with Crippen molar-refractivity contribution in [3.63, 3.8) is 0 Å². The molecule has 0 radical (unpaired) electrons. The number of rotatable bonds is 12. The molecule has 0 bridgehead atoms. The minimum absolute atomic E-state index is 0.310. The van der Waals surface area contributed by atoms with Crippen molar-refractivity contribution in [3.05, 3.63) is 97.8 Å². The lowest BCUT2D eigenvalue weighted by Crippen LogP contribution is -2.21. The van der Waals surface area contributed by atoms with Crippen LogP contribution in [-0.4, -0.2) is 99.1 Å². The van der Waals surface area contributed by atoms with Crippen molar-refractivity contribution in [2.24, 2.45) is 14.1 Å². The molecule has 324 valence electrons. The SMILES string of the molecule is C#CCN(c1cc(OC)cc(OC)c1)c1ccc2ncc(-c3cnn(C)c3)nc2n1.COc1cc(OC)cc(N(CC#C[Si](C)(C)C)c2ccc3ncc(-c4cnn(C)c4)nc3n2)c1. The van der Waals surface area contributed by atoms with Gasteiger partial charge in [0.25, 0.3) is 0 Å². The zero-order valence-corrected chi connectivity index (χ0v) is 38.2. The van der Waals surface area contributed by atoms with Gasteiger partial charge in [0.2, 0.25) is 0 Å². The topological polar surface area (TPSA) is 156 Å². The predicted octanol–water partition coefficient (Wildman–Crippen LogP) is 7.68. The molecule has 16 nitrogen and oxygen atoms in total. The molecule has 2 aromatic carbocycles. The Kier molecular flexibility index (Phi) is 13.3. The fourth-order valence-corrected chi connectivity index (χ4v) is 7.05. The largest absolute Gasteiger partial charge is 0.497 e. The molecule has 0 unspecified atom stereocenters. The first-order valence-corrected chi connectivity index (χ1v) is 23.6. The maximum atomic E-state index is 5.64. The van der Waals surface area contributed by atoms with Crippen LogP contribution in [0.2, 0.25) is 19.6 Å². The van der Waals surface area contributed by atoms with E-state index in [1.54, 1.807) is 68.7 Å². The van der Waals surface area contributed by atoms with Gasteiger partial charge in [0.05, 0.1) is 89.1 Å². The summed E-state index contributed by atoms with van der Waals surface area (Å²) in [5.41, 5.74) is 10.8. The molecule has 0 N–H and O–H groups in total. The van der Waals surface area contributed by atoms with Gasteiger partial charge in [0.15, 0.2) is 11.3 Å². The first-order chi connectivity index (χ1) is 30.9. The lowest BCUT2D eigenvalue weighted by Gasteiger charge is -2.23. The van der Waals surface area contributed by atoms with Gasteiger partial charge in [-0.15, -0.1) is 12.0 Å². The fraction of sp³-hybridized carbons (Fsp3) is 0.234. The monoisotopic (exact) mass is 872 g/mol. The van der Waals surface area contributed by atoms with E-state index in [2.05, 4.69) is 62.2 Å². The van der Waals surface area contributed by atoms with E-state index in [0.717, 1.165) is 28.2 Å². The highest BCUT2D eigenvalue weighted by Gasteiger charge is 2.18. The summed E-state index contributed by atoms with van der Waals surface area (Å²) in [6, 6.07) is 18.9. The molecule has 6 heterocycles. The van der Waals surface area contributed by atoms with Crippen molar-refractivity contribution in [2.45, 2.75) is 19.6 Å². The molecule has 17 heteroatoms. The van der Waals surface area contributed by atoms with Crippen molar-refractivity contribution < 1.29 is 18.9 Å². The van der Waals surface area contributed by atoms with Crippen LogP contribution >= 0.6 is 0 Å². The summed E-state index contributed by atoms with van der Waals surface area (Å²) in [6.45, 7) is 7.45. The van der Waals surface area contributed by atoms with Crippen LogP contribution < -0.4 is 28.7 Å². The Morgan fingerprint density at radius 3 is 1.36 bits per heavy atom. The lowest BCUT2D eigenvalue weighted by atomic mass is 10.2. The molecule has 0 fully saturated rings. The number of pyridine rings is 2. The maximum Gasteiger partial charge on any atom is 0.180 e. The molecular formula is C47H48N12O4Si. The molecule has 0 aliphatic heterocycles. The molecule has 0 spiro atoms. The minimum atomic E-state index is -1.54. The smallest absolute Gasteiger partial charge is 0.180 e. The van der Waals surface area contributed by atoms with Crippen LogP contribution in [0.25, 0.3) is 44.8 Å². The van der Waals surface area contributed by atoms with Crippen molar-refractivity contribution in [1.29, 1.82) is 0 Å². The van der Waals surface area contributed by atoms with E-state index in [1.807, 2.05) is 90.9 Å². The molecule has 0 saturated heterocycles. The van der Waals surface area contributed by atoms with E-state index < -0.39 is 8.07 Å². The third kappa shape index (κ3) is 10.5. The van der Waals surface area contributed by atoms with Crippen LogP contribution in [-0.2, 0) is 14.1 Å². The van der Waals surface area contributed by atoms with E-state index in [1.165, 1.54) is 0 Å². The number of hydrogen-bond donors (Lipinski definition) is 0. The summed E-state index contributed by atoms with van der Waals surface area (Å²) in [6.07, 6.45) is 16.4. The molecule has 0 aliphatic carbocycles. The number of aryl methyl sites for hydroxylation is 2. The van der Waals surface area contributed by atoms with Crippen LogP contribution in [0.1, 0.15) is 0 Å². The summed E-state index contributed by atoms with van der Waals surface area (Å²) < 4.78 is 25.2. The Morgan fingerprint density at radius 1 is 0.578 bits per heavy atom. The first kappa shape index (κ1) is 44.0. The molecule has 8 rings (SSSR count). The summed E-state index contributed by atoms with van der Waals surface area (Å²) in [7, 11) is 8.67. The highest BCUT2D eigenvalue weighted by Crippen LogP contribution is 2.34. The number of methoxy groups -OCH3 is 4. The molecule has 64 heavy (non-hydrogen) atoms.